The second kappa shape index (κ2) is 3.51. The van der Waals surface area contributed by atoms with Gasteiger partial charge in [-0.15, -0.1) is 0 Å². The predicted molar refractivity (Wildman–Crippen MR) is 53.8 cm³/mol. The van der Waals surface area contributed by atoms with E-state index in [-0.39, 0.29) is 6.10 Å². The Hall–Kier alpha value is -0.820. The van der Waals surface area contributed by atoms with Crippen LogP contribution in [0.15, 0.2) is 24.3 Å². The van der Waals surface area contributed by atoms with Gasteiger partial charge in [-0.3, -0.25) is 0 Å². The minimum absolute atomic E-state index is 0.109. The maximum atomic E-state index is 9.71. The van der Waals surface area contributed by atoms with Crippen LogP contribution in [0.5, 0.6) is 0 Å². The highest BCUT2D eigenvalue weighted by Gasteiger charge is 2.26. The lowest BCUT2D eigenvalue weighted by Crippen LogP contribution is -2.10. The molecular formula is C12H16O. The van der Waals surface area contributed by atoms with Crippen LogP contribution < -0.4 is 0 Å². The van der Waals surface area contributed by atoms with Crippen molar-refractivity contribution in [3.05, 3.63) is 35.4 Å². The molecule has 0 aromatic heterocycles. The fraction of sp³-hybridized carbons (Fsp3) is 0.500. The summed E-state index contributed by atoms with van der Waals surface area (Å²) < 4.78 is 0. The smallest absolute Gasteiger partial charge is 0.0608 e. The summed E-state index contributed by atoms with van der Waals surface area (Å²) >= 11 is 0. The molecule has 2 unspecified atom stereocenters. The van der Waals surface area contributed by atoms with Crippen molar-refractivity contribution >= 4 is 0 Å². The Labute approximate surface area is 79.4 Å². The molecule has 1 N–H and O–H groups in total. The van der Waals surface area contributed by atoms with Crippen molar-refractivity contribution in [1.82, 2.24) is 0 Å². The highest BCUT2D eigenvalue weighted by Crippen LogP contribution is 2.34. The normalized spacial score (nSPS) is 27.8. The van der Waals surface area contributed by atoms with Gasteiger partial charge in [-0.05, 0) is 25.3 Å². The topological polar surface area (TPSA) is 20.2 Å². The molecule has 2 atom stereocenters. The van der Waals surface area contributed by atoms with Gasteiger partial charge < -0.3 is 5.11 Å². The quantitative estimate of drug-likeness (QED) is 0.697. The monoisotopic (exact) mass is 176 g/mol. The van der Waals surface area contributed by atoms with Crippen molar-refractivity contribution in [1.29, 1.82) is 0 Å². The number of aryl methyl sites for hydroxylation is 1. The Balaban J connectivity index is 2.20. The lowest BCUT2D eigenvalue weighted by molar-refractivity contribution is 0.164. The van der Waals surface area contributed by atoms with E-state index in [0.717, 1.165) is 12.8 Å². The van der Waals surface area contributed by atoms with E-state index in [1.165, 1.54) is 17.5 Å². The van der Waals surface area contributed by atoms with Crippen LogP contribution >= 0.6 is 0 Å². The summed E-state index contributed by atoms with van der Waals surface area (Å²) in [4.78, 5) is 0. The number of hydrogen-bond donors (Lipinski definition) is 1. The van der Waals surface area contributed by atoms with E-state index in [9.17, 15) is 5.11 Å². The Kier molecular flexibility index (Phi) is 2.36. The zero-order valence-electron chi connectivity index (χ0n) is 8.03. The summed E-state index contributed by atoms with van der Waals surface area (Å²) in [7, 11) is 0. The maximum Gasteiger partial charge on any atom is 0.0608 e. The van der Waals surface area contributed by atoms with Gasteiger partial charge in [0, 0.05) is 5.92 Å². The van der Waals surface area contributed by atoms with Gasteiger partial charge in [0.1, 0.15) is 0 Å². The van der Waals surface area contributed by atoms with E-state index in [4.69, 9.17) is 0 Å². The first-order valence-electron chi connectivity index (χ1n) is 5.02. The number of aliphatic hydroxyl groups is 1. The zero-order valence-corrected chi connectivity index (χ0v) is 8.03. The molecular weight excluding hydrogens is 160 g/mol. The first-order chi connectivity index (χ1) is 6.27. The average Bonchev–Trinajstić information content (AvgIpc) is 2.53. The summed E-state index contributed by atoms with van der Waals surface area (Å²) in [6, 6.07) is 8.55. The van der Waals surface area contributed by atoms with Crippen LogP contribution in [0.2, 0.25) is 0 Å². The third-order valence-electron chi connectivity index (χ3n) is 2.98. The first kappa shape index (κ1) is 8.76. The molecule has 1 aliphatic carbocycles. The van der Waals surface area contributed by atoms with Gasteiger partial charge in [0.25, 0.3) is 0 Å². The highest BCUT2D eigenvalue weighted by atomic mass is 16.3. The second-order valence-corrected chi connectivity index (χ2v) is 4.02. The fourth-order valence-corrected chi connectivity index (χ4v) is 2.14. The summed E-state index contributed by atoms with van der Waals surface area (Å²) in [5.41, 5.74) is 2.59. The molecule has 2 rings (SSSR count). The Morgan fingerprint density at radius 2 is 1.85 bits per heavy atom. The highest BCUT2D eigenvalue weighted by molar-refractivity contribution is 5.26. The first-order valence-corrected chi connectivity index (χ1v) is 5.02. The second-order valence-electron chi connectivity index (χ2n) is 4.02. The van der Waals surface area contributed by atoms with Gasteiger partial charge in [0.05, 0.1) is 6.10 Å². The summed E-state index contributed by atoms with van der Waals surface area (Å²) in [6.07, 6.45) is 3.17. The van der Waals surface area contributed by atoms with Crippen molar-refractivity contribution in [2.75, 3.05) is 0 Å². The molecule has 0 heterocycles. The molecule has 0 spiro atoms. The van der Waals surface area contributed by atoms with E-state index < -0.39 is 0 Å². The van der Waals surface area contributed by atoms with Crippen LogP contribution in [0.1, 0.15) is 36.3 Å². The fourth-order valence-electron chi connectivity index (χ4n) is 2.14. The van der Waals surface area contributed by atoms with Crippen molar-refractivity contribution in [3.63, 3.8) is 0 Å². The Bertz CT molecular complexity index is 276. The Morgan fingerprint density at radius 3 is 2.38 bits per heavy atom. The molecule has 1 fully saturated rings. The molecule has 1 aliphatic rings. The summed E-state index contributed by atoms with van der Waals surface area (Å²) in [6.45, 7) is 2.09. The number of rotatable bonds is 1. The molecule has 0 radical (unpaired) electrons. The van der Waals surface area contributed by atoms with Crippen LogP contribution in [0, 0.1) is 6.92 Å². The minimum atomic E-state index is -0.109. The van der Waals surface area contributed by atoms with Crippen molar-refractivity contribution in [3.8, 4) is 0 Å². The molecule has 0 aliphatic heterocycles. The maximum absolute atomic E-state index is 9.71. The van der Waals surface area contributed by atoms with Crippen molar-refractivity contribution in [2.24, 2.45) is 0 Å². The molecule has 0 amide bonds. The third-order valence-corrected chi connectivity index (χ3v) is 2.98. The van der Waals surface area contributed by atoms with Crippen molar-refractivity contribution in [2.45, 2.75) is 38.2 Å². The number of aliphatic hydroxyl groups excluding tert-OH is 1. The van der Waals surface area contributed by atoms with Gasteiger partial charge in [-0.2, -0.15) is 0 Å². The summed E-state index contributed by atoms with van der Waals surface area (Å²) in [5, 5.41) is 9.71. The van der Waals surface area contributed by atoms with Gasteiger partial charge in [-0.25, -0.2) is 0 Å². The van der Waals surface area contributed by atoms with Crippen LogP contribution in [0.3, 0.4) is 0 Å². The zero-order chi connectivity index (χ0) is 9.26. The molecule has 1 nitrogen and oxygen atoms in total. The molecule has 0 bridgehead atoms. The number of hydrogen-bond acceptors (Lipinski definition) is 1. The lowest BCUT2D eigenvalue weighted by Gasteiger charge is -2.14. The van der Waals surface area contributed by atoms with E-state index in [1.54, 1.807) is 0 Å². The molecule has 1 saturated carbocycles. The van der Waals surface area contributed by atoms with E-state index in [1.807, 2.05) is 0 Å². The van der Waals surface area contributed by atoms with Crippen LogP contribution in [0.25, 0.3) is 0 Å². The predicted octanol–water partition coefficient (Wildman–Crippen LogP) is 2.62. The molecule has 1 aromatic carbocycles. The minimum Gasteiger partial charge on any atom is -0.392 e. The van der Waals surface area contributed by atoms with E-state index in [2.05, 4.69) is 31.2 Å². The average molecular weight is 176 g/mol. The van der Waals surface area contributed by atoms with Crippen LogP contribution in [-0.4, -0.2) is 11.2 Å². The lowest BCUT2D eigenvalue weighted by atomic mass is 9.95. The number of benzene rings is 1. The SMILES string of the molecule is Cc1ccc(C2CCCC2O)cc1. The van der Waals surface area contributed by atoms with Gasteiger partial charge in [0.2, 0.25) is 0 Å². The largest absolute Gasteiger partial charge is 0.392 e. The van der Waals surface area contributed by atoms with Crippen molar-refractivity contribution < 1.29 is 5.11 Å². The van der Waals surface area contributed by atoms with E-state index in [0.29, 0.717) is 5.92 Å². The molecule has 1 aromatic rings. The summed E-state index contributed by atoms with van der Waals surface area (Å²) in [5.74, 6) is 0.389. The van der Waals surface area contributed by atoms with Gasteiger partial charge in [0.15, 0.2) is 0 Å². The molecule has 13 heavy (non-hydrogen) atoms. The van der Waals surface area contributed by atoms with Gasteiger partial charge in [-0.1, -0.05) is 36.2 Å². The Morgan fingerprint density at radius 1 is 1.15 bits per heavy atom. The molecule has 0 saturated heterocycles. The third kappa shape index (κ3) is 1.75. The standard InChI is InChI=1S/C12H16O/c1-9-5-7-10(8-6-9)11-3-2-4-12(11)13/h5-8,11-13H,2-4H2,1H3. The van der Waals surface area contributed by atoms with Crippen LogP contribution in [0.4, 0.5) is 0 Å². The molecule has 70 valence electrons. The van der Waals surface area contributed by atoms with E-state index >= 15 is 0 Å². The van der Waals surface area contributed by atoms with Crippen LogP contribution in [-0.2, 0) is 0 Å². The molecule has 1 heteroatoms. The van der Waals surface area contributed by atoms with Gasteiger partial charge >= 0.3 is 0 Å².